The molecule has 1 nitrogen and oxygen atoms in total. The molecule has 15 heavy (non-hydrogen) atoms. The highest BCUT2D eigenvalue weighted by Crippen LogP contribution is 2.48. The van der Waals surface area contributed by atoms with Crippen LogP contribution < -0.4 is 0 Å². The maximum atomic E-state index is 10.1. The zero-order chi connectivity index (χ0) is 10.9. The van der Waals surface area contributed by atoms with Gasteiger partial charge in [0.1, 0.15) is 0 Å². The van der Waals surface area contributed by atoms with Gasteiger partial charge in [-0.1, -0.05) is 43.2 Å². The van der Waals surface area contributed by atoms with Crippen molar-refractivity contribution in [1.82, 2.24) is 0 Å². The largest absolute Gasteiger partial charge is 0.390 e. The quantitative estimate of drug-likeness (QED) is 0.799. The minimum Gasteiger partial charge on any atom is -0.390 e. The van der Waals surface area contributed by atoms with Gasteiger partial charge in [0, 0.05) is 0 Å². The lowest BCUT2D eigenvalue weighted by atomic mass is 10.0. The van der Waals surface area contributed by atoms with E-state index in [-0.39, 0.29) is 5.60 Å². The van der Waals surface area contributed by atoms with E-state index in [2.05, 4.69) is 38.1 Å². The summed E-state index contributed by atoms with van der Waals surface area (Å²) in [6.07, 6.45) is 4.06. The SMILES string of the molecule is CCC1CC1(O)CCc1cccc(C)c1. The smallest absolute Gasteiger partial charge is 0.0683 e. The molecular weight excluding hydrogens is 184 g/mol. The topological polar surface area (TPSA) is 20.2 Å². The van der Waals surface area contributed by atoms with E-state index in [4.69, 9.17) is 0 Å². The molecule has 1 N–H and O–H groups in total. The molecule has 1 saturated carbocycles. The third-order valence-electron chi connectivity index (χ3n) is 3.62. The van der Waals surface area contributed by atoms with E-state index in [1.54, 1.807) is 0 Å². The third-order valence-corrected chi connectivity index (χ3v) is 3.62. The van der Waals surface area contributed by atoms with E-state index in [0.717, 1.165) is 25.7 Å². The second kappa shape index (κ2) is 3.97. The van der Waals surface area contributed by atoms with Gasteiger partial charge in [-0.15, -0.1) is 0 Å². The van der Waals surface area contributed by atoms with Crippen molar-refractivity contribution in [1.29, 1.82) is 0 Å². The highest BCUT2D eigenvalue weighted by molar-refractivity contribution is 5.23. The molecule has 1 aliphatic carbocycles. The Morgan fingerprint density at radius 3 is 2.87 bits per heavy atom. The molecule has 0 saturated heterocycles. The van der Waals surface area contributed by atoms with Gasteiger partial charge in [-0.25, -0.2) is 0 Å². The zero-order valence-electron chi connectivity index (χ0n) is 9.66. The molecular formula is C14H20O. The molecule has 1 fully saturated rings. The number of aliphatic hydroxyl groups is 1. The number of hydrogen-bond donors (Lipinski definition) is 1. The van der Waals surface area contributed by atoms with Gasteiger partial charge in [0.25, 0.3) is 0 Å². The summed E-state index contributed by atoms with van der Waals surface area (Å²) in [7, 11) is 0. The average molecular weight is 204 g/mol. The summed E-state index contributed by atoms with van der Waals surface area (Å²) in [6.45, 7) is 4.28. The Hall–Kier alpha value is -0.820. The molecule has 0 bridgehead atoms. The summed E-state index contributed by atoms with van der Waals surface area (Å²) >= 11 is 0. The molecule has 2 unspecified atom stereocenters. The van der Waals surface area contributed by atoms with Crippen LogP contribution >= 0.6 is 0 Å². The summed E-state index contributed by atoms with van der Waals surface area (Å²) in [5.41, 5.74) is 2.32. The van der Waals surface area contributed by atoms with Gasteiger partial charge in [0.2, 0.25) is 0 Å². The van der Waals surface area contributed by atoms with Gasteiger partial charge in [-0.3, -0.25) is 0 Å². The van der Waals surface area contributed by atoms with Crippen LogP contribution in [-0.4, -0.2) is 10.7 Å². The lowest BCUT2D eigenvalue weighted by Gasteiger charge is -2.09. The van der Waals surface area contributed by atoms with E-state index in [0.29, 0.717) is 5.92 Å². The Kier molecular flexibility index (Phi) is 2.83. The number of aryl methyl sites for hydroxylation is 2. The first kappa shape index (κ1) is 10.7. The Labute approximate surface area is 92.1 Å². The van der Waals surface area contributed by atoms with Crippen molar-refractivity contribution < 1.29 is 5.11 Å². The van der Waals surface area contributed by atoms with Crippen LogP contribution in [0.4, 0.5) is 0 Å². The first-order chi connectivity index (χ1) is 7.14. The molecule has 2 atom stereocenters. The second-order valence-corrected chi connectivity index (χ2v) is 4.90. The van der Waals surface area contributed by atoms with Crippen LogP contribution in [0.5, 0.6) is 0 Å². The van der Waals surface area contributed by atoms with Gasteiger partial charge in [-0.05, 0) is 37.7 Å². The summed E-state index contributed by atoms with van der Waals surface area (Å²) in [5, 5.41) is 10.1. The molecule has 1 heteroatoms. The van der Waals surface area contributed by atoms with Gasteiger partial charge in [-0.2, -0.15) is 0 Å². The van der Waals surface area contributed by atoms with Crippen molar-refractivity contribution in [2.45, 2.75) is 45.1 Å². The molecule has 0 heterocycles. The summed E-state index contributed by atoms with van der Waals surface area (Å²) < 4.78 is 0. The molecule has 1 aromatic rings. The normalized spacial score (nSPS) is 29.1. The minimum absolute atomic E-state index is 0.335. The predicted octanol–water partition coefficient (Wildman–Crippen LogP) is 3.09. The van der Waals surface area contributed by atoms with Gasteiger partial charge >= 0.3 is 0 Å². The lowest BCUT2D eigenvalue weighted by molar-refractivity contribution is 0.120. The van der Waals surface area contributed by atoms with E-state index >= 15 is 0 Å². The van der Waals surface area contributed by atoms with Crippen molar-refractivity contribution in [2.75, 3.05) is 0 Å². The highest BCUT2D eigenvalue weighted by Gasteiger charge is 2.50. The molecule has 2 rings (SSSR count). The van der Waals surface area contributed by atoms with Crippen molar-refractivity contribution in [3.05, 3.63) is 35.4 Å². The fourth-order valence-corrected chi connectivity index (χ4v) is 2.43. The molecule has 0 radical (unpaired) electrons. The third kappa shape index (κ3) is 2.40. The first-order valence-electron chi connectivity index (χ1n) is 5.92. The first-order valence-corrected chi connectivity index (χ1v) is 5.92. The van der Waals surface area contributed by atoms with E-state index in [1.807, 2.05) is 0 Å². The van der Waals surface area contributed by atoms with Gasteiger partial charge in [0.05, 0.1) is 5.60 Å². The second-order valence-electron chi connectivity index (χ2n) is 4.90. The molecule has 1 aliphatic rings. The molecule has 0 spiro atoms. The fourth-order valence-electron chi connectivity index (χ4n) is 2.43. The monoisotopic (exact) mass is 204 g/mol. The number of hydrogen-bond acceptors (Lipinski definition) is 1. The fraction of sp³-hybridized carbons (Fsp3) is 0.571. The van der Waals surface area contributed by atoms with E-state index < -0.39 is 0 Å². The van der Waals surface area contributed by atoms with Crippen molar-refractivity contribution >= 4 is 0 Å². The number of rotatable bonds is 4. The van der Waals surface area contributed by atoms with E-state index in [1.165, 1.54) is 11.1 Å². The molecule has 0 amide bonds. The Balaban J connectivity index is 1.89. The van der Waals surface area contributed by atoms with Crippen molar-refractivity contribution in [3.63, 3.8) is 0 Å². The van der Waals surface area contributed by atoms with Crippen LogP contribution in [0.1, 0.15) is 37.3 Å². The van der Waals surface area contributed by atoms with Gasteiger partial charge in [0.15, 0.2) is 0 Å². The standard InChI is InChI=1S/C14H20O/c1-3-13-10-14(13,15)8-7-12-6-4-5-11(2)9-12/h4-6,9,13,15H,3,7-8,10H2,1-2H3. The van der Waals surface area contributed by atoms with E-state index in [9.17, 15) is 5.11 Å². The van der Waals surface area contributed by atoms with Gasteiger partial charge < -0.3 is 5.11 Å². The maximum Gasteiger partial charge on any atom is 0.0683 e. The number of benzene rings is 1. The molecule has 82 valence electrons. The summed E-state index contributed by atoms with van der Waals surface area (Å²) in [5.74, 6) is 0.558. The minimum atomic E-state index is -0.335. The Bertz CT molecular complexity index is 345. The molecule has 0 aromatic heterocycles. The van der Waals surface area contributed by atoms with Crippen LogP contribution in [0, 0.1) is 12.8 Å². The summed E-state index contributed by atoms with van der Waals surface area (Å²) in [4.78, 5) is 0. The summed E-state index contributed by atoms with van der Waals surface area (Å²) in [6, 6.07) is 8.58. The lowest BCUT2D eigenvalue weighted by Crippen LogP contribution is -2.12. The average Bonchev–Trinajstić information content (AvgIpc) is 2.88. The predicted molar refractivity (Wildman–Crippen MR) is 62.8 cm³/mol. The Morgan fingerprint density at radius 1 is 1.47 bits per heavy atom. The molecule has 1 aromatic carbocycles. The van der Waals surface area contributed by atoms with Crippen LogP contribution in [0.2, 0.25) is 0 Å². The van der Waals surface area contributed by atoms with Crippen molar-refractivity contribution in [2.24, 2.45) is 5.92 Å². The zero-order valence-corrected chi connectivity index (χ0v) is 9.66. The van der Waals surface area contributed by atoms with Crippen LogP contribution in [0.25, 0.3) is 0 Å². The van der Waals surface area contributed by atoms with Crippen LogP contribution in [-0.2, 0) is 6.42 Å². The van der Waals surface area contributed by atoms with Crippen molar-refractivity contribution in [3.8, 4) is 0 Å². The van der Waals surface area contributed by atoms with Crippen LogP contribution in [0.15, 0.2) is 24.3 Å². The highest BCUT2D eigenvalue weighted by atomic mass is 16.3. The van der Waals surface area contributed by atoms with Crippen LogP contribution in [0.3, 0.4) is 0 Å². The Morgan fingerprint density at radius 2 is 2.27 bits per heavy atom. The molecule has 0 aliphatic heterocycles. The maximum absolute atomic E-state index is 10.1.